The van der Waals surface area contributed by atoms with E-state index in [1.54, 1.807) is 24.3 Å². The molecule has 0 atom stereocenters. The first-order chi connectivity index (χ1) is 12.5. The molecule has 0 unspecified atom stereocenters. The molecular formula is C18H18FN3O3S. The summed E-state index contributed by atoms with van der Waals surface area (Å²) in [5.74, 6) is -0.504. The van der Waals surface area contributed by atoms with Crippen LogP contribution in [-0.4, -0.2) is 39.0 Å². The molecule has 3 rings (SSSR count). The molecule has 1 aliphatic rings. The van der Waals surface area contributed by atoms with Crippen molar-refractivity contribution in [1.82, 2.24) is 4.31 Å². The maximum absolute atomic E-state index is 13.9. The minimum Gasteiger partial charge on any atom is -0.379 e. The predicted molar refractivity (Wildman–Crippen MR) is 94.5 cm³/mol. The lowest BCUT2D eigenvalue weighted by molar-refractivity contribution is 0.0730. The first-order valence-electron chi connectivity index (χ1n) is 8.11. The van der Waals surface area contributed by atoms with Crippen LogP contribution in [0.5, 0.6) is 0 Å². The highest BCUT2D eigenvalue weighted by Gasteiger charge is 2.25. The van der Waals surface area contributed by atoms with E-state index in [1.165, 1.54) is 22.5 Å². The van der Waals surface area contributed by atoms with Crippen LogP contribution in [0, 0.1) is 17.1 Å². The Hall–Kier alpha value is -2.47. The zero-order valence-electron chi connectivity index (χ0n) is 14.0. The van der Waals surface area contributed by atoms with Crippen molar-refractivity contribution in [1.29, 1.82) is 5.26 Å². The summed E-state index contributed by atoms with van der Waals surface area (Å²) >= 11 is 0. The van der Waals surface area contributed by atoms with Gasteiger partial charge in [-0.1, -0.05) is 12.1 Å². The Morgan fingerprint density at radius 2 is 1.85 bits per heavy atom. The summed E-state index contributed by atoms with van der Waals surface area (Å²) in [6.45, 7) is 1.84. The summed E-state index contributed by atoms with van der Waals surface area (Å²) in [6, 6.07) is 12.6. The summed E-state index contributed by atoms with van der Waals surface area (Å²) in [6.07, 6.45) is 0. The molecule has 0 spiro atoms. The van der Waals surface area contributed by atoms with E-state index in [2.05, 4.69) is 5.32 Å². The fraction of sp³-hybridized carbons (Fsp3) is 0.278. The first-order valence-corrected chi connectivity index (χ1v) is 9.55. The van der Waals surface area contributed by atoms with Gasteiger partial charge >= 0.3 is 0 Å². The second kappa shape index (κ2) is 7.83. The number of benzene rings is 2. The number of ether oxygens (including phenoxy) is 1. The Morgan fingerprint density at radius 1 is 1.15 bits per heavy atom. The van der Waals surface area contributed by atoms with Crippen LogP contribution in [0.3, 0.4) is 0 Å². The third kappa shape index (κ3) is 4.02. The molecule has 1 aliphatic heterocycles. The van der Waals surface area contributed by atoms with Crippen LogP contribution in [0.2, 0.25) is 0 Å². The lowest BCUT2D eigenvalue weighted by Crippen LogP contribution is -2.40. The van der Waals surface area contributed by atoms with Gasteiger partial charge in [-0.05, 0) is 35.9 Å². The molecule has 0 bridgehead atoms. The van der Waals surface area contributed by atoms with Crippen molar-refractivity contribution in [3.63, 3.8) is 0 Å². The van der Waals surface area contributed by atoms with E-state index >= 15 is 0 Å². The number of halogens is 1. The molecule has 1 N–H and O–H groups in total. The minimum atomic E-state index is -3.52. The van der Waals surface area contributed by atoms with Crippen molar-refractivity contribution in [2.75, 3.05) is 31.6 Å². The Bertz CT molecular complexity index is 918. The molecular weight excluding hydrogens is 357 g/mol. The van der Waals surface area contributed by atoms with Crippen molar-refractivity contribution >= 4 is 15.7 Å². The summed E-state index contributed by atoms with van der Waals surface area (Å²) in [4.78, 5) is 0.229. The van der Waals surface area contributed by atoms with Gasteiger partial charge in [0, 0.05) is 19.6 Å². The average Bonchev–Trinajstić information content (AvgIpc) is 2.68. The van der Waals surface area contributed by atoms with E-state index in [0.717, 1.165) is 5.56 Å². The van der Waals surface area contributed by atoms with Crippen molar-refractivity contribution in [3.05, 3.63) is 59.4 Å². The Labute approximate surface area is 151 Å². The van der Waals surface area contributed by atoms with Crippen LogP contribution < -0.4 is 5.32 Å². The highest BCUT2D eigenvalue weighted by molar-refractivity contribution is 7.89. The standard InChI is InChI=1S/C18H18FN3O3S/c19-17-11-15(12-20)3-6-18(17)21-13-14-1-4-16(5-2-14)26(23,24)22-7-9-25-10-8-22/h1-6,11,21H,7-10,13H2. The Kier molecular flexibility index (Phi) is 5.52. The number of hydrogen-bond acceptors (Lipinski definition) is 5. The van der Waals surface area contributed by atoms with Crippen molar-refractivity contribution < 1.29 is 17.5 Å². The van der Waals surface area contributed by atoms with E-state index < -0.39 is 15.8 Å². The molecule has 0 aromatic heterocycles. The molecule has 0 radical (unpaired) electrons. The van der Waals surface area contributed by atoms with Gasteiger partial charge < -0.3 is 10.1 Å². The van der Waals surface area contributed by atoms with Crippen LogP contribution in [0.15, 0.2) is 47.4 Å². The van der Waals surface area contributed by atoms with Gasteiger partial charge in [0.05, 0.1) is 35.4 Å². The van der Waals surface area contributed by atoms with Crippen LogP contribution in [-0.2, 0) is 21.3 Å². The van der Waals surface area contributed by atoms with Crippen LogP contribution in [0.1, 0.15) is 11.1 Å². The van der Waals surface area contributed by atoms with Crippen LogP contribution >= 0.6 is 0 Å². The third-order valence-corrected chi connectivity index (χ3v) is 6.03. The number of nitrogens with one attached hydrogen (secondary N) is 1. The molecule has 6 nitrogen and oxygen atoms in total. The van der Waals surface area contributed by atoms with Gasteiger partial charge in [-0.15, -0.1) is 0 Å². The van der Waals surface area contributed by atoms with Gasteiger partial charge in [0.1, 0.15) is 5.82 Å². The van der Waals surface area contributed by atoms with Gasteiger partial charge in [-0.3, -0.25) is 0 Å². The summed E-state index contributed by atoms with van der Waals surface area (Å²) in [5, 5.41) is 11.7. The van der Waals surface area contributed by atoms with Gasteiger partial charge in [-0.25, -0.2) is 12.8 Å². The molecule has 1 saturated heterocycles. The summed E-state index contributed by atoms with van der Waals surface area (Å²) < 4.78 is 45.6. The monoisotopic (exact) mass is 375 g/mol. The van der Waals surface area contributed by atoms with Gasteiger partial charge in [0.15, 0.2) is 0 Å². The van der Waals surface area contributed by atoms with Crippen molar-refractivity contribution in [3.8, 4) is 6.07 Å². The number of sulfonamides is 1. The van der Waals surface area contributed by atoms with Gasteiger partial charge in [0.25, 0.3) is 0 Å². The van der Waals surface area contributed by atoms with E-state index in [-0.39, 0.29) is 16.1 Å². The maximum Gasteiger partial charge on any atom is 0.243 e. The number of morpholine rings is 1. The zero-order chi connectivity index (χ0) is 18.6. The third-order valence-electron chi connectivity index (χ3n) is 4.11. The zero-order valence-corrected chi connectivity index (χ0v) is 14.8. The van der Waals surface area contributed by atoms with Crippen LogP contribution in [0.4, 0.5) is 10.1 Å². The molecule has 2 aromatic carbocycles. The molecule has 0 saturated carbocycles. The Balaban J connectivity index is 1.67. The van der Waals surface area contributed by atoms with E-state index in [0.29, 0.717) is 32.8 Å². The lowest BCUT2D eigenvalue weighted by Gasteiger charge is -2.26. The average molecular weight is 375 g/mol. The van der Waals surface area contributed by atoms with E-state index in [9.17, 15) is 12.8 Å². The highest BCUT2D eigenvalue weighted by Crippen LogP contribution is 2.19. The van der Waals surface area contributed by atoms with Crippen molar-refractivity contribution in [2.45, 2.75) is 11.4 Å². The first kappa shape index (κ1) is 18.3. The number of hydrogen-bond donors (Lipinski definition) is 1. The molecule has 1 heterocycles. The quantitative estimate of drug-likeness (QED) is 0.867. The number of rotatable bonds is 5. The summed E-state index contributed by atoms with van der Waals surface area (Å²) in [7, 11) is -3.52. The minimum absolute atomic E-state index is 0.229. The lowest BCUT2D eigenvalue weighted by atomic mass is 10.2. The normalized spacial score (nSPS) is 15.4. The predicted octanol–water partition coefficient (Wildman–Crippen LogP) is 2.33. The second-order valence-corrected chi connectivity index (χ2v) is 7.76. The number of nitriles is 1. The second-order valence-electron chi connectivity index (χ2n) is 5.82. The van der Waals surface area contributed by atoms with Crippen molar-refractivity contribution in [2.24, 2.45) is 0 Å². The molecule has 2 aromatic rings. The van der Waals surface area contributed by atoms with Gasteiger partial charge in [-0.2, -0.15) is 9.57 Å². The summed E-state index contributed by atoms with van der Waals surface area (Å²) in [5.41, 5.74) is 1.36. The topological polar surface area (TPSA) is 82.4 Å². The molecule has 0 amide bonds. The fourth-order valence-electron chi connectivity index (χ4n) is 2.64. The molecule has 1 fully saturated rings. The maximum atomic E-state index is 13.9. The number of anilines is 1. The fourth-order valence-corrected chi connectivity index (χ4v) is 4.05. The molecule has 26 heavy (non-hydrogen) atoms. The highest BCUT2D eigenvalue weighted by atomic mass is 32.2. The van der Waals surface area contributed by atoms with E-state index in [1.807, 2.05) is 6.07 Å². The SMILES string of the molecule is N#Cc1ccc(NCc2ccc(S(=O)(=O)N3CCOCC3)cc2)c(F)c1. The van der Waals surface area contributed by atoms with Crippen LogP contribution in [0.25, 0.3) is 0 Å². The Morgan fingerprint density at radius 3 is 2.46 bits per heavy atom. The molecule has 0 aliphatic carbocycles. The number of nitrogens with zero attached hydrogens (tertiary/aromatic N) is 2. The smallest absolute Gasteiger partial charge is 0.243 e. The van der Waals surface area contributed by atoms with E-state index in [4.69, 9.17) is 10.00 Å². The van der Waals surface area contributed by atoms with Gasteiger partial charge in [0.2, 0.25) is 10.0 Å². The molecule has 136 valence electrons. The largest absolute Gasteiger partial charge is 0.379 e. The molecule has 8 heteroatoms.